The van der Waals surface area contributed by atoms with Gasteiger partial charge >= 0.3 is 0 Å². The molecule has 0 saturated carbocycles. The number of rotatable bonds is 4. The summed E-state index contributed by atoms with van der Waals surface area (Å²) in [6, 6.07) is 18.2. The van der Waals surface area contributed by atoms with E-state index in [1.807, 2.05) is 42.6 Å². The molecule has 0 aliphatic rings. The van der Waals surface area contributed by atoms with Crippen LogP contribution in [0.1, 0.15) is 27.0 Å². The maximum atomic E-state index is 10.6. The number of phenols is 1. The molecule has 31 heavy (non-hydrogen) atoms. The number of primary amides is 1. The molecule has 0 fully saturated rings. The molecule has 7 heteroatoms. The van der Waals surface area contributed by atoms with Gasteiger partial charge in [-0.3, -0.25) is 4.79 Å². The molecule has 1 aromatic heterocycles. The Morgan fingerprint density at radius 3 is 2.52 bits per heavy atom. The zero-order chi connectivity index (χ0) is 22.5. The average molecular weight is 454 g/mol. The maximum absolute atomic E-state index is 10.6. The summed E-state index contributed by atoms with van der Waals surface area (Å²) in [5, 5.41) is 18.7. The smallest absolute Gasteiger partial charge is 0.248 e. The number of aryl methyl sites for hydroxylation is 1. The molecule has 0 aliphatic heterocycles. The lowest BCUT2D eigenvalue weighted by Gasteiger charge is -2.07. The highest BCUT2D eigenvalue weighted by atomic mass is 35.5. The summed E-state index contributed by atoms with van der Waals surface area (Å²) in [5.41, 5.74) is 9.21. The molecule has 4 aromatic rings. The van der Waals surface area contributed by atoms with Gasteiger partial charge < -0.3 is 20.8 Å². The number of nitrogens with zero attached hydrogens (tertiary/aromatic N) is 1. The first-order valence-electron chi connectivity index (χ1n) is 9.42. The number of halogens is 2. The van der Waals surface area contributed by atoms with Crippen LogP contribution >= 0.6 is 23.2 Å². The zero-order valence-corrected chi connectivity index (χ0v) is 18.3. The molecule has 0 spiro atoms. The van der Waals surface area contributed by atoms with E-state index in [1.165, 1.54) is 18.3 Å². The predicted octanol–water partition coefficient (Wildman–Crippen LogP) is 5.79. The highest BCUT2D eigenvalue weighted by Gasteiger charge is 2.06. The number of nitrogens with two attached hydrogens (primary N) is 1. The van der Waals surface area contributed by atoms with Gasteiger partial charge in [0.15, 0.2) is 0 Å². The van der Waals surface area contributed by atoms with Crippen LogP contribution in [-0.4, -0.2) is 21.8 Å². The topological polar surface area (TPSA) is 92.1 Å². The third-order valence-electron chi connectivity index (χ3n) is 4.82. The number of aromatic hydroxyl groups is 1. The Morgan fingerprint density at radius 2 is 1.87 bits per heavy atom. The van der Waals surface area contributed by atoms with Gasteiger partial charge in [-0.2, -0.15) is 0 Å². The second-order valence-corrected chi connectivity index (χ2v) is 7.80. The minimum Gasteiger partial charge on any atom is -0.508 e. The number of hydrogen-bond donors (Lipinski definition) is 3. The van der Waals surface area contributed by atoms with Crippen molar-refractivity contribution >= 4 is 46.2 Å². The third kappa shape index (κ3) is 5.26. The molecule has 4 rings (SSSR count). The van der Waals surface area contributed by atoms with Crippen LogP contribution in [0, 0.1) is 12.3 Å². The molecule has 0 saturated heterocycles. The number of fused-ring (bicyclic) bond motifs is 1. The molecule has 3 aromatic carbocycles. The first-order chi connectivity index (χ1) is 14.8. The summed E-state index contributed by atoms with van der Waals surface area (Å²) in [6.07, 6.45) is 3.41. The minimum absolute atomic E-state index is 0.176. The summed E-state index contributed by atoms with van der Waals surface area (Å²) in [7, 11) is 0. The fourth-order valence-corrected chi connectivity index (χ4v) is 3.48. The van der Waals surface area contributed by atoms with Crippen LogP contribution in [0.5, 0.6) is 5.75 Å². The number of benzene rings is 3. The Hall–Kier alpha value is -3.28. The Bertz CT molecular complexity index is 1270. The molecule has 4 N–H and O–H groups in total. The highest BCUT2D eigenvalue weighted by molar-refractivity contribution is 6.42. The lowest BCUT2D eigenvalue weighted by atomic mass is 10.1. The average Bonchev–Trinajstić information content (AvgIpc) is 3.16. The van der Waals surface area contributed by atoms with Gasteiger partial charge in [-0.05, 0) is 60.5 Å². The molecule has 1 heterocycles. The fourth-order valence-electron chi connectivity index (χ4n) is 3.15. The van der Waals surface area contributed by atoms with Crippen molar-refractivity contribution in [2.45, 2.75) is 13.5 Å². The van der Waals surface area contributed by atoms with Gasteiger partial charge in [-0.15, -0.1) is 0 Å². The van der Waals surface area contributed by atoms with Gasteiger partial charge in [0, 0.05) is 41.0 Å². The molecule has 158 valence electrons. The summed E-state index contributed by atoms with van der Waals surface area (Å²) >= 11 is 12.0. The first-order valence-corrected chi connectivity index (χ1v) is 10.2. The van der Waals surface area contributed by atoms with Gasteiger partial charge in [0.1, 0.15) is 5.75 Å². The van der Waals surface area contributed by atoms with Crippen molar-refractivity contribution in [3.63, 3.8) is 0 Å². The number of nitrogens with one attached hydrogen (secondary N) is 1. The first kappa shape index (κ1) is 22.4. The largest absolute Gasteiger partial charge is 0.508 e. The standard InChI is InChI=1S/C16H12Cl2N2.C8H9NO2/c17-14-5-4-11(8-15(14)18)10-20-7-6-13-12(9-19)2-1-3-16(13)20;1-5-4-6(8(9)11)2-3-7(5)10/h1-9,19H,10H2;2-4,10H,1H3,(H2,9,11). The van der Waals surface area contributed by atoms with E-state index in [-0.39, 0.29) is 5.75 Å². The maximum Gasteiger partial charge on any atom is 0.248 e. The van der Waals surface area contributed by atoms with Crippen molar-refractivity contribution in [3.8, 4) is 5.75 Å². The highest BCUT2D eigenvalue weighted by Crippen LogP contribution is 2.25. The van der Waals surface area contributed by atoms with Gasteiger partial charge in [0.25, 0.3) is 0 Å². The van der Waals surface area contributed by atoms with Crippen molar-refractivity contribution in [1.82, 2.24) is 4.57 Å². The molecule has 0 radical (unpaired) electrons. The second kappa shape index (κ2) is 9.69. The summed E-state index contributed by atoms with van der Waals surface area (Å²) in [5.74, 6) is -0.303. The van der Waals surface area contributed by atoms with Crippen molar-refractivity contribution in [3.05, 3.63) is 99.2 Å². The van der Waals surface area contributed by atoms with E-state index in [0.29, 0.717) is 21.2 Å². The molecule has 0 aliphatic carbocycles. The normalized spacial score (nSPS) is 10.4. The number of phenolic OH excluding ortho intramolecular Hbond substituents is 1. The molecule has 0 bridgehead atoms. The van der Waals surface area contributed by atoms with E-state index in [4.69, 9.17) is 39.5 Å². The van der Waals surface area contributed by atoms with E-state index in [1.54, 1.807) is 13.0 Å². The summed E-state index contributed by atoms with van der Waals surface area (Å²) in [4.78, 5) is 10.6. The number of carbonyl (C=O) groups excluding carboxylic acids is 1. The van der Waals surface area contributed by atoms with Gasteiger partial charge in [0.2, 0.25) is 5.91 Å². The Morgan fingerprint density at radius 1 is 1.10 bits per heavy atom. The van der Waals surface area contributed by atoms with Crippen LogP contribution < -0.4 is 5.73 Å². The van der Waals surface area contributed by atoms with Crippen LogP contribution in [0.3, 0.4) is 0 Å². The van der Waals surface area contributed by atoms with Crippen LogP contribution in [0.2, 0.25) is 10.0 Å². The number of hydrogen-bond acceptors (Lipinski definition) is 3. The molecule has 5 nitrogen and oxygen atoms in total. The monoisotopic (exact) mass is 453 g/mol. The van der Waals surface area contributed by atoms with Crippen LogP contribution in [0.15, 0.2) is 66.9 Å². The zero-order valence-electron chi connectivity index (χ0n) is 16.8. The fraction of sp³-hybridized carbons (Fsp3) is 0.0833. The van der Waals surface area contributed by atoms with E-state index in [2.05, 4.69) is 10.6 Å². The van der Waals surface area contributed by atoms with Crippen molar-refractivity contribution in [2.75, 3.05) is 0 Å². The van der Waals surface area contributed by atoms with Crippen LogP contribution in [0.25, 0.3) is 10.9 Å². The van der Waals surface area contributed by atoms with Crippen molar-refractivity contribution in [1.29, 1.82) is 5.41 Å². The van der Waals surface area contributed by atoms with E-state index < -0.39 is 5.91 Å². The third-order valence-corrected chi connectivity index (χ3v) is 5.56. The lowest BCUT2D eigenvalue weighted by molar-refractivity contribution is 0.1000. The van der Waals surface area contributed by atoms with E-state index >= 15 is 0 Å². The van der Waals surface area contributed by atoms with Gasteiger partial charge in [-0.1, -0.05) is 41.4 Å². The Balaban J connectivity index is 0.000000210. The molecular weight excluding hydrogens is 433 g/mol. The molecule has 0 unspecified atom stereocenters. The quantitative estimate of drug-likeness (QED) is 0.341. The SMILES string of the molecule is Cc1cc(C(N)=O)ccc1O.N=Cc1cccc2c1ccn2Cc1ccc(Cl)c(Cl)c1. The van der Waals surface area contributed by atoms with Crippen LogP contribution in [-0.2, 0) is 6.54 Å². The molecule has 1 amide bonds. The second-order valence-electron chi connectivity index (χ2n) is 6.98. The number of carbonyl (C=O) groups is 1. The lowest BCUT2D eigenvalue weighted by Crippen LogP contribution is -2.10. The van der Waals surface area contributed by atoms with Gasteiger partial charge in [0.05, 0.1) is 10.0 Å². The summed E-state index contributed by atoms with van der Waals surface area (Å²) in [6.45, 7) is 2.43. The Labute approximate surface area is 190 Å². The molecular formula is C24H21Cl2N3O2. The predicted molar refractivity (Wildman–Crippen MR) is 127 cm³/mol. The van der Waals surface area contributed by atoms with Crippen molar-refractivity contribution in [2.24, 2.45) is 5.73 Å². The van der Waals surface area contributed by atoms with Crippen LogP contribution in [0.4, 0.5) is 0 Å². The Kier molecular flexibility index (Phi) is 7.00. The number of amides is 1. The van der Waals surface area contributed by atoms with E-state index in [0.717, 1.165) is 28.6 Å². The summed E-state index contributed by atoms with van der Waals surface area (Å²) < 4.78 is 2.14. The number of aromatic nitrogens is 1. The van der Waals surface area contributed by atoms with Gasteiger partial charge in [-0.25, -0.2) is 0 Å². The molecule has 0 atom stereocenters. The van der Waals surface area contributed by atoms with E-state index in [9.17, 15) is 4.79 Å². The minimum atomic E-state index is -0.479. The van der Waals surface area contributed by atoms with Crippen molar-refractivity contribution < 1.29 is 9.90 Å².